The van der Waals surface area contributed by atoms with Crippen LogP contribution in [0.5, 0.6) is 0 Å². The standard InChI is InChI=1S/C17H22F3N3/c1-11-4-5-15(13(3)23-10-17(18,19)20)12(2)16(11)9-22-8-14-6-21-7-14/h4-5,9,14,21-23H,1,3,6-8,10H2,2H3/b16-9+. The highest BCUT2D eigenvalue weighted by atomic mass is 19.4. The molecule has 2 rings (SSSR count). The predicted octanol–water partition coefficient (Wildman–Crippen LogP) is 1.07. The van der Waals surface area contributed by atoms with Crippen LogP contribution in [0.3, 0.4) is 0 Å². The van der Waals surface area contributed by atoms with Crippen LogP contribution >= 0.6 is 0 Å². The minimum atomic E-state index is -4.27. The molecule has 0 aromatic heterocycles. The maximum atomic E-state index is 12.3. The average Bonchev–Trinajstić information content (AvgIpc) is 2.41. The van der Waals surface area contributed by atoms with Gasteiger partial charge in [-0.3, -0.25) is 0 Å². The lowest BCUT2D eigenvalue weighted by atomic mass is 10.0. The van der Waals surface area contributed by atoms with Gasteiger partial charge in [0.2, 0.25) is 0 Å². The second kappa shape index (κ2) is 7.08. The van der Waals surface area contributed by atoms with E-state index in [0.29, 0.717) is 11.5 Å². The summed E-state index contributed by atoms with van der Waals surface area (Å²) in [6.45, 7) is 11.4. The molecule has 0 bridgehead atoms. The zero-order valence-electron chi connectivity index (χ0n) is 13.2. The fraction of sp³-hybridized carbons (Fsp3) is 0.412. The van der Waals surface area contributed by atoms with Crippen molar-refractivity contribution in [2.75, 3.05) is 26.2 Å². The Kier molecular flexibility index (Phi) is 5.36. The largest absolute Gasteiger partial charge is 0.405 e. The van der Waals surface area contributed by atoms with E-state index in [-0.39, 0.29) is 5.70 Å². The third kappa shape index (κ3) is 4.76. The number of hydrogen-bond donors (Lipinski definition) is 3. The Morgan fingerprint density at radius 3 is 2.65 bits per heavy atom. The molecule has 1 aliphatic heterocycles. The highest BCUT2D eigenvalue weighted by molar-refractivity contribution is 5.65. The summed E-state index contributed by atoms with van der Waals surface area (Å²) in [6, 6.07) is 3.54. The van der Waals surface area contributed by atoms with E-state index in [4.69, 9.17) is 0 Å². The van der Waals surface area contributed by atoms with E-state index >= 15 is 0 Å². The van der Waals surface area contributed by atoms with E-state index < -0.39 is 12.7 Å². The van der Waals surface area contributed by atoms with Crippen molar-refractivity contribution in [3.8, 4) is 0 Å². The van der Waals surface area contributed by atoms with Gasteiger partial charge in [0.1, 0.15) is 6.54 Å². The van der Waals surface area contributed by atoms with Crippen molar-refractivity contribution in [1.82, 2.24) is 16.0 Å². The summed E-state index contributed by atoms with van der Waals surface area (Å²) in [7, 11) is 0. The van der Waals surface area contributed by atoms with Crippen LogP contribution in [-0.4, -0.2) is 32.4 Å². The molecule has 1 fully saturated rings. The van der Waals surface area contributed by atoms with Gasteiger partial charge in [-0.05, 0) is 17.7 Å². The Bertz CT molecular complexity index is 676. The molecule has 0 unspecified atom stereocenters. The molecule has 1 heterocycles. The Balaban J connectivity index is 2.14. The van der Waals surface area contributed by atoms with Crippen molar-refractivity contribution in [3.05, 3.63) is 40.3 Å². The van der Waals surface area contributed by atoms with Crippen molar-refractivity contribution in [2.45, 2.75) is 13.1 Å². The van der Waals surface area contributed by atoms with Gasteiger partial charge < -0.3 is 16.0 Å². The molecule has 1 saturated heterocycles. The summed E-state index contributed by atoms with van der Waals surface area (Å²) >= 11 is 0. The van der Waals surface area contributed by atoms with Gasteiger partial charge in [-0.1, -0.05) is 25.3 Å². The normalized spacial score (nSPS) is 16.1. The van der Waals surface area contributed by atoms with E-state index in [0.717, 1.165) is 35.6 Å². The van der Waals surface area contributed by atoms with E-state index in [1.165, 1.54) is 0 Å². The molecular formula is C17H22F3N3. The summed E-state index contributed by atoms with van der Waals surface area (Å²) in [5, 5.41) is 10.5. The number of halogens is 3. The van der Waals surface area contributed by atoms with Gasteiger partial charge in [0.25, 0.3) is 0 Å². The fourth-order valence-electron chi connectivity index (χ4n) is 2.44. The summed E-state index contributed by atoms with van der Waals surface area (Å²) in [5.41, 5.74) is 1.79. The zero-order valence-corrected chi connectivity index (χ0v) is 13.2. The molecule has 23 heavy (non-hydrogen) atoms. The predicted molar refractivity (Wildman–Crippen MR) is 87.9 cm³/mol. The molecule has 3 N–H and O–H groups in total. The Hall–Kier alpha value is -1.95. The van der Waals surface area contributed by atoms with Gasteiger partial charge >= 0.3 is 6.18 Å². The average molecular weight is 325 g/mol. The number of rotatable bonds is 6. The highest BCUT2D eigenvalue weighted by Gasteiger charge is 2.27. The molecular weight excluding hydrogens is 303 g/mol. The molecule has 0 spiro atoms. The number of alkyl halides is 3. The third-order valence-electron chi connectivity index (χ3n) is 3.95. The molecule has 0 saturated carbocycles. The monoisotopic (exact) mass is 325 g/mol. The van der Waals surface area contributed by atoms with Crippen molar-refractivity contribution in [1.29, 1.82) is 0 Å². The van der Waals surface area contributed by atoms with Gasteiger partial charge in [0.05, 0.1) is 0 Å². The lowest BCUT2D eigenvalue weighted by Crippen LogP contribution is -2.46. The molecule has 0 amide bonds. The number of nitrogens with one attached hydrogen (secondary N) is 3. The highest BCUT2D eigenvalue weighted by Crippen LogP contribution is 2.16. The van der Waals surface area contributed by atoms with Crippen LogP contribution in [0.15, 0.2) is 18.7 Å². The lowest BCUT2D eigenvalue weighted by Gasteiger charge is -2.26. The van der Waals surface area contributed by atoms with E-state index in [9.17, 15) is 13.2 Å². The second-order valence-electron chi connectivity index (χ2n) is 5.84. The number of benzene rings is 1. The van der Waals surface area contributed by atoms with Crippen LogP contribution in [0.2, 0.25) is 0 Å². The molecule has 6 heteroatoms. The van der Waals surface area contributed by atoms with Gasteiger partial charge in [0.15, 0.2) is 0 Å². The maximum absolute atomic E-state index is 12.3. The second-order valence-corrected chi connectivity index (χ2v) is 5.84. The van der Waals surface area contributed by atoms with Crippen molar-refractivity contribution in [3.63, 3.8) is 0 Å². The van der Waals surface area contributed by atoms with E-state index in [2.05, 4.69) is 29.1 Å². The summed E-state index contributed by atoms with van der Waals surface area (Å²) in [4.78, 5) is 0. The summed E-state index contributed by atoms with van der Waals surface area (Å²) in [5.74, 6) is 0.617. The van der Waals surface area contributed by atoms with Gasteiger partial charge in [-0.15, -0.1) is 0 Å². The molecule has 0 radical (unpaired) electrons. The lowest BCUT2D eigenvalue weighted by molar-refractivity contribution is -0.122. The minimum Gasteiger partial charge on any atom is -0.390 e. The van der Waals surface area contributed by atoms with Crippen molar-refractivity contribution < 1.29 is 13.2 Å². The van der Waals surface area contributed by atoms with Crippen LogP contribution in [0.25, 0.3) is 18.5 Å². The van der Waals surface area contributed by atoms with Gasteiger partial charge in [-0.2, -0.15) is 13.2 Å². The van der Waals surface area contributed by atoms with E-state index in [1.54, 1.807) is 12.1 Å². The topological polar surface area (TPSA) is 36.1 Å². The third-order valence-corrected chi connectivity index (χ3v) is 3.95. The van der Waals surface area contributed by atoms with Crippen LogP contribution < -0.4 is 26.4 Å². The molecule has 0 aliphatic carbocycles. The summed E-state index contributed by atoms with van der Waals surface area (Å²) < 4.78 is 37.0. The van der Waals surface area contributed by atoms with Crippen molar-refractivity contribution >= 4 is 18.5 Å². The Morgan fingerprint density at radius 1 is 1.39 bits per heavy atom. The molecule has 3 nitrogen and oxygen atoms in total. The number of hydrogen-bond acceptors (Lipinski definition) is 3. The summed E-state index contributed by atoms with van der Waals surface area (Å²) in [6.07, 6.45) is -2.38. The first kappa shape index (κ1) is 17.4. The van der Waals surface area contributed by atoms with Crippen molar-refractivity contribution in [2.24, 2.45) is 5.92 Å². The molecule has 0 atom stereocenters. The molecule has 126 valence electrons. The fourth-order valence-corrected chi connectivity index (χ4v) is 2.44. The first-order valence-electron chi connectivity index (χ1n) is 7.50. The van der Waals surface area contributed by atoms with Crippen LogP contribution in [0.1, 0.15) is 11.1 Å². The van der Waals surface area contributed by atoms with Crippen LogP contribution in [-0.2, 0) is 0 Å². The molecule has 1 aliphatic rings. The smallest absolute Gasteiger partial charge is 0.390 e. The SMILES string of the molecule is C=C(NCC(F)(F)F)c1ccc(=C)/c(=C\NCC2CNC2)c1C. The first-order chi connectivity index (χ1) is 10.8. The Labute approximate surface area is 134 Å². The maximum Gasteiger partial charge on any atom is 0.405 e. The van der Waals surface area contributed by atoms with E-state index in [1.807, 2.05) is 13.1 Å². The van der Waals surface area contributed by atoms with Gasteiger partial charge in [0, 0.05) is 48.2 Å². The molecule has 1 aromatic carbocycles. The van der Waals surface area contributed by atoms with Crippen LogP contribution in [0.4, 0.5) is 13.2 Å². The van der Waals surface area contributed by atoms with Crippen LogP contribution in [0, 0.1) is 12.8 Å². The zero-order chi connectivity index (χ0) is 17.0. The minimum absolute atomic E-state index is 0.262. The quantitative estimate of drug-likeness (QED) is 0.732. The molecule has 1 aromatic rings. The Morgan fingerprint density at radius 2 is 2.09 bits per heavy atom. The first-order valence-corrected chi connectivity index (χ1v) is 7.50. The van der Waals surface area contributed by atoms with Gasteiger partial charge in [-0.25, -0.2) is 0 Å².